The SMILES string of the molecule is COc1cc2c(cc1OC)C(=O)C(Cc1ccccc1)(C(Cc1ccccc1)C1CCN(Cc3ccccc3)CC1)C2. The number of ether oxygens (including phenoxy) is 2. The van der Waals surface area contributed by atoms with Gasteiger partial charge >= 0.3 is 0 Å². The number of rotatable bonds is 10. The van der Waals surface area contributed by atoms with E-state index in [2.05, 4.69) is 95.9 Å². The van der Waals surface area contributed by atoms with Gasteiger partial charge < -0.3 is 9.47 Å². The number of hydrogen-bond acceptors (Lipinski definition) is 4. The first kappa shape index (κ1) is 28.2. The van der Waals surface area contributed by atoms with Crippen molar-refractivity contribution in [2.45, 2.75) is 38.6 Å². The number of carbonyl (C=O) groups is 1. The van der Waals surface area contributed by atoms with Crippen molar-refractivity contribution in [1.29, 1.82) is 0 Å². The summed E-state index contributed by atoms with van der Waals surface area (Å²) in [5.41, 5.74) is 5.22. The minimum atomic E-state index is -0.539. The molecule has 2 atom stereocenters. The van der Waals surface area contributed by atoms with Crippen LogP contribution in [0.5, 0.6) is 11.5 Å². The van der Waals surface area contributed by atoms with E-state index < -0.39 is 5.41 Å². The van der Waals surface area contributed by atoms with E-state index in [0.717, 1.165) is 62.9 Å². The first-order chi connectivity index (χ1) is 20.6. The average Bonchev–Trinajstić information content (AvgIpc) is 3.31. The fourth-order valence-corrected chi connectivity index (χ4v) is 7.54. The van der Waals surface area contributed by atoms with E-state index in [-0.39, 0.29) is 11.7 Å². The van der Waals surface area contributed by atoms with Crippen LogP contribution < -0.4 is 9.47 Å². The van der Waals surface area contributed by atoms with Gasteiger partial charge in [-0.15, -0.1) is 0 Å². The Hall–Kier alpha value is -3.89. The van der Waals surface area contributed by atoms with Crippen LogP contribution in [0.1, 0.15) is 45.5 Å². The van der Waals surface area contributed by atoms with Crippen LogP contribution in [-0.4, -0.2) is 38.0 Å². The topological polar surface area (TPSA) is 38.8 Å². The van der Waals surface area contributed by atoms with E-state index in [1.807, 2.05) is 12.1 Å². The number of fused-ring (bicyclic) bond motifs is 1. The minimum Gasteiger partial charge on any atom is -0.493 e. The molecular weight excluding hydrogens is 518 g/mol. The van der Waals surface area contributed by atoms with Gasteiger partial charge in [0.05, 0.1) is 14.2 Å². The molecule has 4 aromatic rings. The summed E-state index contributed by atoms with van der Waals surface area (Å²) in [5.74, 6) is 2.22. The zero-order chi connectivity index (χ0) is 28.9. The highest BCUT2D eigenvalue weighted by Crippen LogP contribution is 2.52. The molecule has 0 saturated carbocycles. The van der Waals surface area contributed by atoms with Gasteiger partial charge in [0.15, 0.2) is 17.3 Å². The molecule has 2 aliphatic rings. The lowest BCUT2D eigenvalue weighted by molar-refractivity contribution is 0.0430. The lowest BCUT2D eigenvalue weighted by atomic mass is 9.60. The van der Waals surface area contributed by atoms with Crippen LogP contribution in [0.4, 0.5) is 0 Å². The number of Topliss-reactive ketones (excluding diaryl/α,β-unsaturated/α-hetero) is 1. The number of ketones is 1. The van der Waals surface area contributed by atoms with E-state index >= 15 is 0 Å². The Morgan fingerprint density at radius 2 is 1.31 bits per heavy atom. The van der Waals surface area contributed by atoms with E-state index in [9.17, 15) is 4.79 Å². The van der Waals surface area contributed by atoms with Crippen LogP contribution in [0.15, 0.2) is 103 Å². The largest absolute Gasteiger partial charge is 0.493 e. The Balaban J connectivity index is 1.37. The fourth-order valence-electron chi connectivity index (χ4n) is 7.54. The molecule has 0 aromatic heterocycles. The van der Waals surface area contributed by atoms with Crippen LogP contribution in [0.3, 0.4) is 0 Å². The van der Waals surface area contributed by atoms with Crippen molar-refractivity contribution < 1.29 is 14.3 Å². The van der Waals surface area contributed by atoms with Crippen LogP contribution in [0, 0.1) is 17.3 Å². The summed E-state index contributed by atoms with van der Waals surface area (Å²) >= 11 is 0. The molecule has 4 nitrogen and oxygen atoms in total. The quantitative estimate of drug-likeness (QED) is 0.202. The second-order valence-corrected chi connectivity index (χ2v) is 12.1. The lowest BCUT2D eigenvalue weighted by Crippen LogP contribution is -2.47. The molecule has 0 spiro atoms. The lowest BCUT2D eigenvalue weighted by Gasteiger charge is -2.44. The number of nitrogens with zero attached hydrogens (tertiary/aromatic N) is 1. The predicted octanol–water partition coefficient (Wildman–Crippen LogP) is 7.44. The summed E-state index contributed by atoms with van der Waals surface area (Å²) in [6.45, 7) is 3.08. The molecule has 4 aromatic carbocycles. The second-order valence-electron chi connectivity index (χ2n) is 12.1. The second kappa shape index (κ2) is 12.5. The summed E-state index contributed by atoms with van der Waals surface area (Å²) in [7, 11) is 3.31. The normalized spacial score (nSPS) is 19.8. The van der Waals surface area contributed by atoms with Gasteiger partial charge in [-0.25, -0.2) is 0 Å². The van der Waals surface area contributed by atoms with Crippen molar-refractivity contribution in [2.75, 3.05) is 27.3 Å². The highest BCUT2D eigenvalue weighted by molar-refractivity contribution is 6.06. The van der Waals surface area contributed by atoms with Gasteiger partial charge in [-0.05, 0) is 91.4 Å². The van der Waals surface area contributed by atoms with Gasteiger partial charge in [0.25, 0.3) is 0 Å². The third kappa shape index (κ3) is 5.73. The first-order valence-corrected chi connectivity index (χ1v) is 15.2. The molecule has 1 fully saturated rings. The maximum atomic E-state index is 14.9. The highest BCUT2D eigenvalue weighted by Gasteiger charge is 2.53. The van der Waals surface area contributed by atoms with E-state index in [0.29, 0.717) is 17.4 Å². The van der Waals surface area contributed by atoms with Gasteiger partial charge in [0, 0.05) is 17.5 Å². The summed E-state index contributed by atoms with van der Waals surface area (Å²) in [6, 6.07) is 36.1. The van der Waals surface area contributed by atoms with Gasteiger partial charge in [-0.3, -0.25) is 9.69 Å². The van der Waals surface area contributed by atoms with Crippen LogP contribution >= 0.6 is 0 Å². The maximum absolute atomic E-state index is 14.9. The molecule has 2 unspecified atom stereocenters. The summed E-state index contributed by atoms with van der Waals surface area (Å²) in [4.78, 5) is 17.4. The Morgan fingerprint density at radius 3 is 1.90 bits per heavy atom. The van der Waals surface area contributed by atoms with E-state index in [1.165, 1.54) is 16.7 Å². The van der Waals surface area contributed by atoms with Crippen molar-refractivity contribution in [3.63, 3.8) is 0 Å². The molecule has 42 heavy (non-hydrogen) atoms. The monoisotopic (exact) mass is 559 g/mol. The zero-order valence-corrected chi connectivity index (χ0v) is 24.8. The Labute approximate surface area is 250 Å². The third-order valence-electron chi connectivity index (χ3n) is 9.63. The first-order valence-electron chi connectivity index (χ1n) is 15.2. The molecular formula is C38H41NO3. The Kier molecular flexibility index (Phi) is 8.43. The molecule has 1 saturated heterocycles. The molecule has 0 N–H and O–H groups in total. The Bertz CT molecular complexity index is 1480. The number of carbonyl (C=O) groups excluding carboxylic acids is 1. The number of piperidine rings is 1. The van der Waals surface area contributed by atoms with Crippen molar-refractivity contribution >= 4 is 5.78 Å². The molecule has 1 heterocycles. The number of methoxy groups -OCH3 is 2. The van der Waals surface area contributed by atoms with Gasteiger partial charge in [0.1, 0.15) is 0 Å². The summed E-state index contributed by atoms with van der Waals surface area (Å²) in [5, 5.41) is 0. The van der Waals surface area contributed by atoms with Crippen molar-refractivity contribution in [1.82, 2.24) is 4.90 Å². The fraction of sp³-hybridized carbons (Fsp3) is 0.342. The van der Waals surface area contributed by atoms with E-state index in [4.69, 9.17) is 9.47 Å². The molecule has 216 valence electrons. The number of benzene rings is 4. The van der Waals surface area contributed by atoms with Crippen molar-refractivity contribution in [3.8, 4) is 11.5 Å². The van der Waals surface area contributed by atoms with Crippen LogP contribution in [0.25, 0.3) is 0 Å². The summed E-state index contributed by atoms with van der Waals surface area (Å²) < 4.78 is 11.3. The zero-order valence-electron chi connectivity index (χ0n) is 24.8. The van der Waals surface area contributed by atoms with Gasteiger partial charge in [-0.1, -0.05) is 91.0 Å². The van der Waals surface area contributed by atoms with Crippen LogP contribution in [0.2, 0.25) is 0 Å². The summed E-state index contributed by atoms with van der Waals surface area (Å²) in [6.07, 6.45) is 4.53. The molecule has 6 rings (SSSR count). The molecule has 1 aliphatic carbocycles. The molecule has 1 aliphatic heterocycles. The van der Waals surface area contributed by atoms with Crippen LogP contribution in [-0.2, 0) is 25.8 Å². The van der Waals surface area contributed by atoms with E-state index in [1.54, 1.807) is 14.2 Å². The van der Waals surface area contributed by atoms with Gasteiger partial charge in [-0.2, -0.15) is 0 Å². The van der Waals surface area contributed by atoms with Crippen molar-refractivity contribution in [2.24, 2.45) is 17.3 Å². The molecule has 4 heteroatoms. The average molecular weight is 560 g/mol. The predicted molar refractivity (Wildman–Crippen MR) is 168 cm³/mol. The third-order valence-corrected chi connectivity index (χ3v) is 9.63. The number of hydrogen-bond donors (Lipinski definition) is 0. The number of likely N-dealkylation sites (tertiary alicyclic amines) is 1. The smallest absolute Gasteiger partial charge is 0.170 e. The highest BCUT2D eigenvalue weighted by atomic mass is 16.5. The standard InChI is InChI=1S/C38H41NO3/c1-41-35-23-32-26-38(25-29-14-8-4-9-15-29,37(40)33(32)24-36(35)42-2)34(22-28-12-6-3-7-13-28)31-18-20-39(21-19-31)27-30-16-10-5-11-17-30/h3-17,23-24,31,34H,18-22,25-27H2,1-2H3. The molecule has 0 amide bonds. The molecule has 0 bridgehead atoms. The molecule has 0 radical (unpaired) electrons. The maximum Gasteiger partial charge on any atom is 0.170 e. The minimum absolute atomic E-state index is 0.205. The Morgan fingerprint density at radius 1 is 0.762 bits per heavy atom. The van der Waals surface area contributed by atoms with Gasteiger partial charge in [0.2, 0.25) is 0 Å². The van der Waals surface area contributed by atoms with Crippen molar-refractivity contribution in [3.05, 3.63) is 131 Å².